The highest BCUT2D eigenvalue weighted by molar-refractivity contribution is 9.10. The summed E-state index contributed by atoms with van der Waals surface area (Å²) in [5.74, 6) is -0.818. The van der Waals surface area contributed by atoms with Crippen LogP contribution in [0.25, 0.3) is 0 Å². The second-order valence-corrected chi connectivity index (χ2v) is 12.7. The Kier molecular flexibility index (Phi) is 11.0. The van der Waals surface area contributed by atoms with Crippen molar-refractivity contribution < 1.29 is 18.0 Å². The molecule has 2 amide bonds. The zero-order valence-corrected chi connectivity index (χ0v) is 25.3. The topological polar surface area (TPSA) is 86.8 Å². The lowest BCUT2D eigenvalue weighted by Crippen LogP contribution is -2.54. The van der Waals surface area contributed by atoms with E-state index in [0.717, 1.165) is 32.6 Å². The third kappa shape index (κ3) is 9.08. The van der Waals surface area contributed by atoms with Crippen molar-refractivity contribution in [3.8, 4) is 0 Å². The Morgan fingerprint density at radius 1 is 0.974 bits per heavy atom. The molecule has 39 heavy (non-hydrogen) atoms. The molecule has 1 N–H and O–H groups in total. The van der Waals surface area contributed by atoms with Gasteiger partial charge in [-0.05, 0) is 60.9 Å². The lowest BCUT2D eigenvalue weighted by Gasteiger charge is -2.34. The molecule has 0 heterocycles. The van der Waals surface area contributed by atoms with Gasteiger partial charge in [0.1, 0.15) is 12.6 Å². The van der Waals surface area contributed by atoms with Gasteiger partial charge in [-0.3, -0.25) is 13.9 Å². The van der Waals surface area contributed by atoms with Gasteiger partial charge in [0.25, 0.3) is 0 Å². The number of halogens is 2. The molecule has 0 unspecified atom stereocenters. The summed E-state index contributed by atoms with van der Waals surface area (Å²) in [4.78, 5) is 29.1. The summed E-state index contributed by atoms with van der Waals surface area (Å²) in [5.41, 5.74) is 1.94. The second kappa shape index (κ2) is 14.0. The molecule has 7 nitrogen and oxygen atoms in total. The molecule has 0 spiro atoms. The van der Waals surface area contributed by atoms with Crippen LogP contribution in [-0.4, -0.2) is 50.0 Å². The van der Waals surface area contributed by atoms with Gasteiger partial charge in [-0.25, -0.2) is 8.42 Å². The van der Waals surface area contributed by atoms with E-state index in [-0.39, 0.29) is 24.9 Å². The fourth-order valence-electron chi connectivity index (χ4n) is 4.05. The fourth-order valence-corrected chi connectivity index (χ4v) is 5.37. The number of nitrogens with one attached hydrogen (secondary N) is 1. The molecule has 0 saturated carbocycles. The van der Waals surface area contributed by atoms with Gasteiger partial charge in [-0.15, -0.1) is 0 Å². The van der Waals surface area contributed by atoms with E-state index in [9.17, 15) is 18.0 Å². The van der Waals surface area contributed by atoms with E-state index in [1.807, 2.05) is 50.2 Å². The van der Waals surface area contributed by atoms with Gasteiger partial charge in [-0.1, -0.05) is 76.9 Å². The van der Waals surface area contributed by atoms with Crippen LogP contribution in [0.4, 0.5) is 5.69 Å². The number of amides is 2. The molecule has 10 heteroatoms. The molecule has 0 saturated heterocycles. The molecule has 0 bridgehead atoms. The van der Waals surface area contributed by atoms with Crippen LogP contribution in [0.15, 0.2) is 83.3 Å². The Labute approximate surface area is 244 Å². The number of carbonyl (C=O) groups excluding carboxylic acids is 2. The van der Waals surface area contributed by atoms with Gasteiger partial charge in [0.15, 0.2) is 0 Å². The zero-order valence-electron chi connectivity index (χ0n) is 22.2. The molecule has 0 radical (unpaired) electrons. The van der Waals surface area contributed by atoms with Crippen molar-refractivity contribution >= 4 is 55.1 Å². The Morgan fingerprint density at radius 2 is 1.62 bits per heavy atom. The average molecular weight is 635 g/mol. The number of benzene rings is 3. The maximum Gasteiger partial charge on any atom is 0.244 e. The highest BCUT2D eigenvalue weighted by atomic mass is 79.9. The maximum absolute atomic E-state index is 14.0. The van der Waals surface area contributed by atoms with E-state index in [0.29, 0.717) is 10.7 Å². The van der Waals surface area contributed by atoms with E-state index < -0.39 is 28.5 Å². The fraction of sp³-hybridized carbons (Fsp3) is 0.310. The second-order valence-electron chi connectivity index (χ2n) is 9.42. The van der Waals surface area contributed by atoms with Gasteiger partial charge in [0.2, 0.25) is 21.8 Å². The lowest BCUT2D eigenvalue weighted by atomic mass is 10.0. The minimum absolute atomic E-state index is 0.0722. The summed E-state index contributed by atoms with van der Waals surface area (Å²) in [6, 6.07) is 22.2. The Balaban J connectivity index is 2.05. The van der Waals surface area contributed by atoms with Gasteiger partial charge in [0, 0.05) is 28.5 Å². The molecule has 208 valence electrons. The molecule has 3 aromatic carbocycles. The third-order valence-electron chi connectivity index (χ3n) is 6.31. The van der Waals surface area contributed by atoms with Crippen molar-refractivity contribution in [2.75, 3.05) is 17.1 Å². The van der Waals surface area contributed by atoms with Crippen molar-refractivity contribution in [2.45, 2.75) is 45.3 Å². The minimum Gasteiger partial charge on any atom is -0.352 e. The quantitative estimate of drug-likeness (QED) is 0.288. The third-order valence-corrected chi connectivity index (χ3v) is 8.21. The van der Waals surface area contributed by atoms with E-state index in [1.54, 1.807) is 42.5 Å². The summed E-state index contributed by atoms with van der Waals surface area (Å²) >= 11 is 9.59. The summed E-state index contributed by atoms with van der Waals surface area (Å²) in [5, 5.41) is 3.50. The normalized spacial score (nSPS) is 12.8. The smallest absolute Gasteiger partial charge is 0.244 e. The molecular formula is C29H33BrClN3O4S. The van der Waals surface area contributed by atoms with Crippen molar-refractivity contribution in [3.05, 3.63) is 99.5 Å². The van der Waals surface area contributed by atoms with Crippen molar-refractivity contribution in [2.24, 2.45) is 0 Å². The van der Waals surface area contributed by atoms with Crippen LogP contribution >= 0.6 is 27.5 Å². The van der Waals surface area contributed by atoms with Crippen LogP contribution in [0.1, 0.15) is 31.4 Å². The van der Waals surface area contributed by atoms with Crippen LogP contribution in [0.5, 0.6) is 0 Å². The highest BCUT2D eigenvalue weighted by Gasteiger charge is 2.33. The molecular weight excluding hydrogens is 602 g/mol. The Morgan fingerprint density at radius 3 is 2.21 bits per heavy atom. The largest absolute Gasteiger partial charge is 0.352 e. The van der Waals surface area contributed by atoms with Crippen molar-refractivity contribution in [1.29, 1.82) is 0 Å². The first-order valence-corrected chi connectivity index (χ1v) is 15.6. The number of nitrogens with zero attached hydrogens (tertiary/aromatic N) is 2. The number of hydrogen-bond donors (Lipinski definition) is 1. The number of rotatable bonds is 12. The predicted molar refractivity (Wildman–Crippen MR) is 160 cm³/mol. The van der Waals surface area contributed by atoms with Crippen LogP contribution in [-0.2, 0) is 32.6 Å². The maximum atomic E-state index is 14.0. The molecule has 0 aliphatic carbocycles. The molecule has 3 rings (SSSR count). The molecule has 2 atom stereocenters. The molecule has 0 aromatic heterocycles. The number of sulfonamides is 1. The van der Waals surface area contributed by atoms with E-state index in [2.05, 4.69) is 21.2 Å². The summed E-state index contributed by atoms with van der Waals surface area (Å²) in [6.07, 6.45) is 2.03. The first-order valence-electron chi connectivity index (χ1n) is 12.6. The SMILES string of the molecule is CC[C@H](C)NC(=O)[C@@H](Cc1ccccc1)N(Cc1cccc(Cl)c1)C(=O)CN(c1ccc(Br)cc1)S(C)(=O)=O. The van der Waals surface area contributed by atoms with Crippen LogP contribution in [0.2, 0.25) is 5.02 Å². The standard InChI is InChI=1S/C29H33BrClN3O4S/c1-4-21(2)32-29(36)27(18-22-9-6-5-7-10-22)33(19-23-11-8-12-25(31)17-23)28(35)20-34(39(3,37)38)26-15-13-24(30)14-16-26/h5-17,21,27H,4,18-20H2,1-3H3,(H,32,36)/t21-,27+/m0/s1. The first-order chi connectivity index (χ1) is 18.5. The minimum atomic E-state index is -3.82. The van der Waals surface area contributed by atoms with Crippen LogP contribution < -0.4 is 9.62 Å². The summed E-state index contributed by atoms with van der Waals surface area (Å²) in [7, 11) is -3.82. The summed E-state index contributed by atoms with van der Waals surface area (Å²) < 4.78 is 27.4. The van der Waals surface area contributed by atoms with Gasteiger partial charge >= 0.3 is 0 Å². The monoisotopic (exact) mass is 633 g/mol. The van der Waals surface area contributed by atoms with Gasteiger partial charge < -0.3 is 10.2 Å². The van der Waals surface area contributed by atoms with Crippen LogP contribution in [0.3, 0.4) is 0 Å². The summed E-state index contributed by atoms with van der Waals surface area (Å²) in [6.45, 7) is 3.47. The molecule has 0 aliphatic heterocycles. The van der Waals surface area contributed by atoms with E-state index in [1.165, 1.54) is 4.90 Å². The van der Waals surface area contributed by atoms with E-state index in [4.69, 9.17) is 11.6 Å². The average Bonchev–Trinajstić information content (AvgIpc) is 2.89. The zero-order chi connectivity index (χ0) is 28.6. The first kappa shape index (κ1) is 30.7. The Hall–Kier alpha value is -2.88. The van der Waals surface area contributed by atoms with Crippen molar-refractivity contribution in [1.82, 2.24) is 10.2 Å². The highest BCUT2D eigenvalue weighted by Crippen LogP contribution is 2.23. The lowest BCUT2D eigenvalue weighted by molar-refractivity contribution is -0.140. The van der Waals surface area contributed by atoms with Gasteiger partial charge in [-0.2, -0.15) is 0 Å². The van der Waals surface area contributed by atoms with Crippen molar-refractivity contribution in [3.63, 3.8) is 0 Å². The predicted octanol–water partition coefficient (Wildman–Crippen LogP) is 5.42. The Bertz CT molecular complexity index is 1370. The number of hydrogen-bond acceptors (Lipinski definition) is 4. The number of carbonyl (C=O) groups is 2. The molecule has 0 aliphatic rings. The van der Waals surface area contributed by atoms with E-state index >= 15 is 0 Å². The number of anilines is 1. The van der Waals surface area contributed by atoms with Gasteiger partial charge in [0.05, 0.1) is 11.9 Å². The van der Waals surface area contributed by atoms with Crippen LogP contribution in [0, 0.1) is 0 Å². The molecule has 0 fully saturated rings. The molecule has 3 aromatic rings.